The van der Waals surface area contributed by atoms with E-state index in [1.807, 2.05) is 12.2 Å². The number of carboxylic acid groups (broad SMARTS) is 2. The summed E-state index contributed by atoms with van der Waals surface area (Å²) in [6.07, 6.45) is 74.6. The van der Waals surface area contributed by atoms with Gasteiger partial charge in [0.15, 0.2) is 12.3 Å². The summed E-state index contributed by atoms with van der Waals surface area (Å²) in [5.41, 5.74) is 6.66. The molecule has 4 aromatic carbocycles. The Morgan fingerprint density at radius 2 is 0.806 bits per heavy atom. The summed E-state index contributed by atoms with van der Waals surface area (Å²) in [6.45, 7) is 9.91. The van der Waals surface area contributed by atoms with Crippen LogP contribution in [0.2, 0.25) is 0 Å². The predicted molar refractivity (Wildman–Crippen MR) is 422 cm³/mol. The van der Waals surface area contributed by atoms with E-state index >= 15 is 0 Å². The van der Waals surface area contributed by atoms with Gasteiger partial charge in [0.2, 0.25) is 5.69 Å². The first-order valence-corrected chi connectivity index (χ1v) is 41.5. The van der Waals surface area contributed by atoms with Gasteiger partial charge in [-0.1, -0.05) is 396 Å². The fourth-order valence-electron chi connectivity index (χ4n) is 16.8. The number of carboxylic acids is 2. The Balaban J connectivity index is 1.25. The largest absolute Gasteiger partial charge is 0.481 e. The third kappa shape index (κ3) is 27.8. The van der Waals surface area contributed by atoms with Crippen LogP contribution in [0.1, 0.15) is 379 Å². The average molecular weight is 1340 g/mol. The highest BCUT2D eigenvalue weighted by atomic mass is 16.4. The van der Waals surface area contributed by atoms with Gasteiger partial charge in [-0.15, -0.1) is 0 Å². The molecule has 7 nitrogen and oxygen atoms in total. The lowest BCUT2D eigenvalue weighted by atomic mass is 9.69. The average Bonchev–Trinajstić information content (AvgIpc) is 1.58. The van der Waals surface area contributed by atoms with Crippen LogP contribution in [0.3, 0.4) is 0 Å². The van der Waals surface area contributed by atoms with Crippen molar-refractivity contribution in [3.63, 3.8) is 0 Å². The number of hydrogen-bond donors (Lipinski definition) is 2. The third-order valence-corrected chi connectivity index (χ3v) is 22.6. The summed E-state index contributed by atoms with van der Waals surface area (Å²) in [5, 5.41) is 36.7. The van der Waals surface area contributed by atoms with Gasteiger partial charge < -0.3 is 15.1 Å². The Morgan fingerprint density at radius 1 is 0.449 bits per heavy atom. The number of nitriles is 1. The van der Waals surface area contributed by atoms with Gasteiger partial charge in [0.05, 0.1) is 34.6 Å². The van der Waals surface area contributed by atoms with Gasteiger partial charge in [0.1, 0.15) is 6.42 Å². The maximum absolute atomic E-state index is 12.8. The molecule has 4 aromatic rings. The van der Waals surface area contributed by atoms with Crippen LogP contribution in [-0.2, 0) is 20.4 Å². The van der Waals surface area contributed by atoms with Crippen LogP contribution in [0, 0.1) is 11.3 Å². The highest BCUT2D eigenvalue weighted by Crippen LogP contribution is 2.54. The zero-order chi connectivity index (χ0) is 69.6. The molecule has 7 heteroatoms. The van der Waals surface area contributed by atoms with Crippen LogP contribution in [0.5, 0.6) is 0 Å². The van der Waals surface area contributed by atoms with E-state index in [4.69, 9.17) is 0 Å². The molecule has 2 aliphatic rings. The van der Waals surface area contributed by atoms with Gasteiger partial charge in [0, 0.05) is 34.7 Å². The molecule has 2 heterocycles. The quantitative estimate of drug-likeness (QED) is 0.0198. The van der Waals surface area contributed by atoms with E-state index in [1.54, 1.807) is 0 Å². The molecule has 2 N–H and O–H groups in total. The topological polar surface area (TPSA) is 105 Å². The minimum Gasteiger partial charge on any atom is -0.481 e. The first-order valence-electron chi connectivity index (χ1n) is 41.5. The number of carbonyl (C=O) groups is 2. The Morgan fingerprint density at radius 3 is 1.20 bits per heavy atom. The number of rotatable bonds is 60. The van der Waals surface area contributed by atoms with E-state index < -0.39 is 17.4 Å². The van der Waals surface area contributed by atoms with Crippen molar-refractivity contribution in [2.45, 2.75) is 379 Å². The van der Waals surface area contributed by atoms with Crippen LogP contribution >= 0.6 is 0 Å². The van der Waals surface area contributed by atoms with Crippen molar-refractivity contribution in [2.24, 2.45) is 0 Å². The molecular weight excluding hydrogens is 1200 g/mol. The number of hydrogen-bond acceptors (Lipinski definition) is 4. The molecule has 0 saturated heterocycles. The van der Waals surface area contributed by atoms with Crippen molar-refractivity contribution in [1.82, 2.24) is 0 Å². The maximum atomic E-state index is 12.8. The van der Waals surface area contributed by atoms with Crippen LogP contribution in [0.25, 0.3) is 21.5 Å². The molecule has 0 spiro atoms. The zero-order valence-corrected chi connectivity index (χ0v) is 63.2. The van der Waals surface area contributed by atoms with Gasteiger partial charge in [-0.3, -0.25) is 9.59 Å². The third-order valence-electron chi connectivity index (χ3n) is 22.6. The van der Waals surface area contributed by atoms with Crippen LogP contribution in [-0.4, -0.2) is 45.5 Å². The molecule has 0 amide bonds. The summed E-state index contributed by atoms with van der Waals surface area (Å²) < 4.78 is 2.36. The van der Waals surface area contributed by atoms with Crippen LogP contribution < -0.4 is 4.90 Å². The van der Waals surface area contributed by atoms with E-state index in [2.05, 4.69) is 128 Å². The highest BCUT2D eigenvalue weighted by Gasteiger charge is 2.51. The minimum atomic E-state index is -0.828. The second-order valence-electron chi connectivity index (χ2n) is 30.5. The summed E-state index contributed by atoms with van der Waals surface area (Å²) in [4.78, 5) is 27.6. The molecule has 0 aromatic heterocycles. The Labute approximate surface area is 599 Å². The van der Waals surface area contributed by atoms with Crippen LogP contribution in [0.15, 0.2) is 108 Å². The van der Waals surface area contributed by atoms with Crippen molar-refractivity contribution in [3.8, 4) is 6.07 Å². The fourth-order valence-corrected chi connectivity index (χ4v) is 16.8. The molecule has 0 bridgehead atoms. The molecular formula is C91H140N3O4+. The fraction of sp³-hybridized carbons (Fsp3) is 0.670. The van der Waals surface area contributed by atoms with E-state index in [-0.39, 0.29) is 18.3 Å². The van der Waals surface area contributed by atoms with Gasteiger partial charge >= 0.3 is 11.9 Å². The van der Waals surface area contributed by atoms with Crippen molar-refractivity contribution in [3.05, 3.63) is 119 Å². The van der Waals surface area contributed by atoms with E-state index in [0.29, 0.717) is 18.7 Å². The number of benzene rings is 4. The van der Waals surface area contributed by atoms with Gasteiger partial charge in [-0.05, 0) is 66.8 Å². The zero-order valence-electron chi connectivity index (χ0n) is 63.2. The summed E-state index contributed by atoms with van der Waals surface area (Å²) in [5.74, 6) is -1.64. The standard InChI is InChI=1S/C91H139N3O4/c1-5-8-11-14-17-20-23-26-29-32-35-38-41-44-47-54-71-90(4)82-65-63-78-57-50-52-59-80(78)88(82)93(74-69-86(95)96)84(90)67-61-77(76-92)62-68-85-91(72-55-48-45-42-39-36-33-30-27-24-21-18-15-12-9-6-2,73-56-49-46-43-40-37-34-31-28-25-22-19-16-13-10-7-3)83-66-64-79-58-51-53-60-81(79)89(83)94(85)75-70-87(97)98/h50-53,57-68H,5-49,54-56,69-75H2,1-4H3,(H-,95,96,97,98)/p+1. The SMILES string of the molecule is CCCCCCCCCCCCCCCCCCC1(CCCCCCCCCCCCCCCCCC)C(/C=C/C(C#N)=C/C=C2/N(CCC(=O)O)c3c(ccc4ccccc34)C2(C)CCCCCCCCCCCCCCCCCC)=[N+](CCC(=O)O)c2c1ccc1ccccc21. The lowest BCUT2D eigenvalue weighted by Crippen LogP contribution is -2.35. The van der Waals surface area contributed by atoms with Gasteiger partial charge in [-0.2, -0.15) is 9.84 Å². The van der Waals surface area contributed by atoms with E-state index in [0.717, 1.165) is 89.3 Å². The smallest absolute Gasteiger partial charge is 0.309 e. The van der Waals surface area contributed by atoms with Gasteiger partial charge in [0.25, 0.3) is 0 Å². The Kier molecular flexibility index (Phi) is 40.9. The number of anilines is 1. The van der Waals surface area contributed by atoms with Gasteiger partial charge in [-0.25, -0.2) is 0 Å². The van der Waals surface area contributed by atoms with E-state index in [1.165, 1.54) is 294 Å². The lowest BCUT2D eigenvalue weighted by molar-refractivity contribution is -0.435. The van der Waals surface area contributed by atoms with Crippen molar-refractivity contribution in [1.29, 1.82) is 5.26 Å². The number of aliphatic carboxylic acids is 2. The minimum absolute atomic E-state index is 0.000617. The maximum Gasteiger partial charge on any atom is 0.309 e. The molecule has 0 aliphatic carbocycles. The van der Waals surface area contributed by atoms with Crippen molar-refractivity contribution < 1.29 is 24.4 Å². The molecule has 6 rings (SSSR count). The molecule has 2 aliphatic heterocycles. The normalized spacial score (nSPS) is 15.6. The van der Waals surface area contributed by atoms with Crippen molar-refractivity contribution >= 4 is 50.6 Å². The number of allylic oxidation sites excluding steroid dienone is 6. The second-order valence-corrected chi connectivity index (χ2v) is 30.5. The summed E-state index contributed by atoms with van der Waals surface area (Å²) in [6, 6.07) is 29.0. The summed E-state index contributed by atoms with van der Waals surface area (Å²) in [7, 11) is 0. The monoisotopic (exact) mass is 1340 g/mol. The molecule has 542 valence electrons. The molecule has 0 saturated carbocycles. The Hall–Kier alpha value is -5.48. The number of nitrogens with zero attached hydrogens (tertiary/aromatic N) is 3. The molecule has 1 atom stereocenters. The second kappa shape index (κ2) is 49.2. The first-order chi connectivity index (χ1) is 48.1. The first kappa shape index (κ1) is 81.5. The summed E-state index contributed by atoms with van der Waals surface area (Å²) >= 11 is 0. The van der Waals surface area contributed by atoms with E-state index in [9.17, 15) is 25.1 Å². The molecule has 0 radical (unpaired) electrons. The molecule has 0 fully saturated rings. The number of unbranched alkanes of at least 4 members (excludes halogenated alkanes) is 45. The Bertz CT molecular complexity index is 3010. The molecule has 1 unspecified atom stereocenters. The highest BCUT2D eigenvalue weighted by molar-refractivity contribution is 6.08. The molecule has 98 heavy (non-hydrogen) atoms. The van der Waals surface area contributed by atoms with Crippen LogP contribution in [0.4, 0.5) is 11.4 Å². The van der Waals surface area contributed by atoms with Crippen molar-refractivity contribution in [2.75, 3.05) is 18.0 Å². The number of fused-ring (bicyclic) bond motifs is 6. The predicted octanol–water partition coefficient (Wildman–Crippen LogP) is 27.9. The lowest BCUT2D eigenvalue weighted by Gasteiger charge is -2.30.